The summed E-state index contributed by atoms with van der Waals surface area (Å²) in [6, 6.07) is 14.2. The van der Waals surface area contributed by atoms with E-state index in [-0.39, 0.29) is 16.1 Å². The number of hydrogen-bond donors (Lipinski definition) is 1. The van der Waals surface area contributed by atoms with E-state index < -0.39 is 27.6 Å². The summed E-state index contributed by atoms with van der Waals surface area (Å²) in [5.41, 5.74) is 0.167. The van der Waals surface area contributed by atoms with Gasteiger partial charge in [-0.3, -0.25) is 9.10 Å². The van der Waals surface area contributed by atoms with Gasteiger partial charge in [-0.1, -0.05) is 17.7 Å². The lowest BCUT2D eigenvalue weighted by Gasteiger charge is -2.20. The van der Waals surface area contributed by atoms with E-state index >= 15 is 0 Å². The van der Waals surface area contributed by atoms with Crippen LogP contribution < -0.4 is 9.62 Å². The summed E-state index contributed by atoms with van der Waals surface area (Å²) in [6.45, 7) is 0. The van der Waals surface area contributed by atoms with Gasteiger partial charge in [0.1, 0.15) is 11.6 Å². The molecule has 3 aromatic carbocycles. The molecule has 1 N–H and O–H groups in total. The minimum Gasteiger partial charge on any atom is -0.319 e. The Morgan fingerprint density at radius 2 is 1.69 bits per heavy atom. The summed E-state index contributed by atoms with van der Waals surface area (Å²) >= 11 is 5.83. The van der Waals surface area contributed by atoms with E-state index in [2.05, 4.69) is 5.32 Å². The molecular weight excluding hydrogens is 422 g/mol. The van der Waals surface area contributed by atoms with Crippen molar-refractivity contribution < 1.29 is 22.0 Å². The van der Waals surface area contributed by atoms with Gasteiger partial charge in [0.25, 0.3) is 15.9 Å². The number of nitrogens with one attached hydrogen (secondary N) is 1. The van der Waals surface area contributed by atoms with Crippen LogP contribution in [-0.4, -0.2) is 21.4 Å². The molecule has 0 spiro atoms. The highest BCUT2D eigenvalue weighted by Gasteiger charge is 2.22. The molecular formula is C20H15ClF2N2O3S. The lowest BCUT2D eigenvalue weighted by Crippen LogP contribution is -2.26. The van der Waals surface area contributed by atoms with Crippen LogP contribution in [0.3, 0.4) is 0 Å². The van der Waals surface area contributed by atoms with Gasteiger partial charge >= 0.3 is 0 Å². The zero-order valence-electron chi connectivity index (χ0n) is 15.1. The molecule has 0 bridgehead atoms. The van der Waals surface area contributed by atoms with Crippen molar-refractivity contribution in [1.29, 1.82) is 0 Å². The van der Waals surface area contributed by atoms with Gasteiger partial charge in [0, 0.05) is 23.7 Å². The minimum absolute atomic E-state index is 0.000642. The first-order valence-corrected chi connectivity index (χ1v) is 10.1. The quantitative estimate of drug-likeness (QED) is 0.630. The van der Waals surface area contributed by atoms with Gasteiger partial charge < -0.3 is 5.32 Å². The molecule has 0 saturated heterocycles. The number of nitrogens with zero attached hydrogens (tertiary/aromatic N) is 1. The number of carbonyl (C=O) groups excluding carboxylic acids is 1. The molecule has 0 aliphatic carbocycles. The third-order valence-electron chi connectivity index (χ3n) is 4.12. The summed E-state index contributed by atoms with van der Waals surface area (Å²) in [7, 11) is -2.59. The topological polar surface area (TPSA) is 66.5 Å². The fourth-order valence-corrected chi connectivity index (χ4v) is 3.90. The third kappa shape index (κ3) is 4.55. The van der Waals surface area contributed by atoms with Crippen LogP contribution in [0.1, 0.15) is 10.4 Å². The predicted octanol–water partition coefficient (Wildman–Crippen LogP) is 4.70. The molecule has 0 aliphatic rings. The molecule has 0 unspecified atom stereocenters. The van der Waals surface area contributed by atoms with E-state index in [9.17, 15) is 22.0 Å². The first-order chi connectivity index (χ1) is 13.7. The average molecular weight is 437 g/mol. The second-order valence-electron chi connectivity index (χ2n) is 6.06. The number of halogens is 3. The first kappa shape index (κ1) is 20.8. The molecule has 9 heteroatoms. The highest BCUT2D eigenvalue weighted by molar-refractivity contribution is 7.92. The molecule has 1 amide bonds. The lowest BCUT2D eigenvalue weighted by molar-refractivity contribution is 0.102. The molecule has 5 nitrogen and oxygen atoms in total. The standard InChI is InChI=1S/C20H15ClF2N2O3S/c1-25(16-8-5-14(21)6-9-16)29(27,28)17-4-2-3-13(11-17)20(26)24-19-10-7-15(22)12-18(19)23/h2-12H,1H3,(H,24,26). The van der Waals surface area contributed by atoms with Crippen LogP contribution >= 0.6 is 11.6 Å². The second-order valence-corrected chi connectivity index (χ2v) is 8.46. The molecule has 29 heavy (non-hydrogen) atoms. The van der Waals surface area contributed by atoms with Gasteiger partial charge in [-0.15, -0.1) is 0 Å². The van der Waals surface area contributed by atoms with Crippen LogP contribution in [0.4, 0.5) is 20.2 Å². The molecule has 0 aliphatic heterocycles. The second kappa shape index (κ2) is 8.18. The molecule has 0 fully saturated rings. The Labute approximate surface area is 171 Å². The smallest absolute Gasteiger partial charge is 0.264 e. The molecule has 3 aromatic rings. The number of hydrogen-bond acceptors (Lipinski definition) is 3. The van der Waals surface area contributed by atoms with Gasteiger partial charge in [0.15, 0.2) is 0 Å². The zero-order chi connectivity index (χ0) is 21.2. The van der Waals surface area contributed by atoms with Crippen LogP contribution in [0.15, 0.2) is 71.6 Å². The Bertz CT molecular complexity index is 1170. The molecule has 0 radical (unpaired) electrons. The number of carbonyl (C=O) groups is 1. The predicted molar refractivity (Wildman–Crippen MR) is 108 cm³/mol. The lowest BCUT2D eigenvalue weighted by atomic mass is 10.2. The van der Waals surface area contributed by atoms with Crippen molar-refractivity contribution in [2.24, 2.45) is 0 Å². The maximum absolute atomic E-state index is 13.8. The maximum Gasteiger partial charge on any atom is 0.264 e. The molecule has 0 aromatic heterocycles. The van der Waals surface area contributed by atoms with Crippen molar-refractivity contribution in [2.75, 3.05) is 16.7 Å². The van der Waals surface area contributed by atoms with Crippen LogP contribution in [0.25, 0.3) is 0 Å². The van der Waals surface area contributed by atoms with E-state index in [0.29, 0.717) is 16.8 Å². The summed E-state index contributed by atoms with van der Waals surface area (Å²) < 4.78 is 53.6. The summed E-state index contributed by atoms with van der Waals surface area (Å²) in [5, 5.41) is 2.76. The van der Waals surface area contributed by atoms with Gasteiger partial charge in [-0.2, -0.15) is 0 Å². The van der Waals surface area contributed by atoms with Crippen LogP contribution in [0, 0.1) is 11.6 Å². The molecule has 3 rings (SSSR count). The molecule has 0 heterocycles. The minimum atomic E-state index is -3.96. The van der Waals surface area contributed by atoms with Crippen molar-refractivity contribution >= 4 is 38.9 Å². The normalized spacial score (nSPS) is 11.2. The summed E-state index contributed by atoms with van der Waals surface area (Å²) in [4.78, 5) is 12.3. The van der Waals surface area contributed by atoms with E-state index in [4.69, 9.17) is 11.6 Å². The van der Waals surface area contributed by atoms with Gasteiger partial charge in [-0.25, -0.2) is 17.2 Å². The Morgan fingerprint density at radius 3 is 2.34 bits per heavy atom. The number of benzene rings is 3. The van der Waals surface area contributed by atoms with Crippen LogP contribution in [0.2, 0.25) is 5.02 Å². The van der Waals surface area contributed by atoms with Gasteiger partial charge in [0.05, 0.1) is 16.3 Å². The monoisotopic (exact) mass is 436 g/mol. The Balaban J connectivity index is 1.87. The highest BCUT2D eigenvalue weighted by atomic mass is 35.5. The Hall–Kier alpha value is -2.97. The average Bonchev–Trinajstić information content (AvgIpc) is 2.70. The van der Waals surface area contributed by atoms with E-state index in [1.54, 1.807) is 24.3 Å². The number of anilines is 2. The Kier molecular flexibility index (Phi) is 5.86. The molecule has 150 valence electrons. The van der Waals surface area contributed by atoms with Gasteiger partial charge in [-0.05, 0) is 54.6 Å². The fraction of sp³-hybridized carbons (Fsp3) is 0.0500. The van der Waals surface area contributed by atoms with Crippen molar-refractivity contribution in [1.82, 2.24) is 0 Å². The number of amides is 1. The molecule has 0 atom stereocenters. The van der Waals surface area contributed by atoms with Crippen molar-refractivity contribution in [2.45, 2.75) is 4.90 Å². The zero-order valence-corrected chi connectivity index (χ0v) is 16.6. The summed E-state index contributed by atoms with van der Waals surface area (Å²) in [6.07, 6.45) is 0. The highest BCUT2D eigenvalue weighted by Crippen LogP contribution is 2.24. The SMILES string of the molecule is CN(c1ccc(Cl)cc1)S(=O)(=O)c1cccc(C(=O)Nc2ccc(F)cc2F)c1. The number of sulfonamides is 1. The van der Waals surface area contributed by atoms with E-state index in [0.717, 1.165) is 16.4 Å². The van der Waals surface area contributed by atoms with Gasteiger partial charge in [0.2, 0.25) is 0 Å². The summed E-state index contributed by atoms with van der Waals surface area (Å²) in [5.74, 6) is -2.45. The van der Waals surface area contributed by atoms with E-state index in [1.165, 1.54) is 31.3 Å². The number of rotatable bonds is 5. The van der Waals surface area contributed by atoms with Crippen LogP contribution in [-0.2, 0) is 10.0 Å². The largest absolute Gasteiger partial charge is 0.319 e. The van der Waals surface area contributed by atoms with E-state index in [1.807, 2.05) is 0 Å². The van der Waals surface area contributed by atoms with Crippen LogP contribution in [0.5, 0.6) is 0 Å². The Morgan fingerprint density at radius 1 is 1.00 bits per heavy atom. The van der Waals surface area contributed by atoms with Crippen molar-refractivity contribution in [3.63, 3.8) is 0 Å². The van der Waals surface area contributed by atoms with Crippen molar-refractivity contribution in [3.8, 4) is 0 Å². The maximum atomic E-state index is 13.8. The fourth-order valence-electron chi connectivity index (χ4n) is 2.53. The van der Waals surface area contributed by atoms with Crippen molar-refractivity contribution in [3.05, 3.63) is 89.0 Å². The molecule has 0 saturated carbocycles. The first-order valence-electron chi connectivity index (χ1n) is 8.29. The third-order valence-corrected chi connectivity index (χ3v) is 6.16.